The van der Waals surface area contributed by atoms with Gasteiger partial charge in [-0.15, -0.1) is 11.3 Å². The van der Waals surface area contributed by atoms with Gasteiger partial charge in [0.1, 0.15) is 0 Å². The van der Waals surface area contributed by atoms with Crippen LogP contribution < -0.4 is 10.6 Å². The fraction of sp³-hybridized carbons (Fsp3) is 0.389. The molecule has 3 N–H and O–H groups in total. The van der Waals surface area contributed by atoms with Crippen molar-refractivity contribution >= 4 is 23.3 Å². The smallest absolute Gasteiger partial charge is 0.335 e. The molecule has 0 aliphatic carbocycles. The fourth-order valence-electron chi connectivity index (χ4n) is 2.08. The second-order valence-corrected chi connectivity index (χ2v) is 7.61. The lowest BCUT2D eigenvalue weighted by Crippen LogP contribution is -2.36. The average molecular weight is 361 g/mol. The van der Waals surface area contributed by atoms with Crippen LogP contribution in [-0.4, -0.2) is 28.6 Å². The van der Waals surface area contributed by atoms with Crippen LogP contribution in [0.2, 0.25) is 0 Å². The molecule has 0 aliphatic rings. The van der Waals surface area contributed by atoms with E-state index in [4.69, 9.17) is 5.11 Å². The minimum absolute atomic E-state index is 0.0455. The third-order valence-electron chi connectivity index (χ3n) is 3.51. The van der Waals surface area contributed by atoms with Gasteiger partial charge in [-0.3, -0.25) is 0 Å². The molecule has 0 saturated heterocycles. The van der Waals surface area contributed by atoms with Gasteiger partial charge in [0.25, 0.3) is 0 Å². The van der Waals surface area contributed by atoms with Gasteiger partial charge in [-0.1, -0.05) is 32.9 Å². The van der Waals surface area contributed by atoms with Crippen molar-refractivity contribution in [3.8, 4) is 0 Å². The summed E-state index contributed by atoms with van der Waals surface area (Å²) in [5.74, 6) is -0.964. The number of nitrogens with one attached hydrogen (secondary N) is 2. The Kier molecular flexibility index (Phi) is 6.14. The zero-order valence-electron chi connectivity index (χ0n) is 14.6. The minimum atomic E-state index is -0.964. The van der Waals surface area contributed by atoms with Crippen LogP contribution in [0.1, 0.15) is 47.4 Å². The van der Waals surface area contributed by atoms with E-state index in [9.17, 15) is 9.59 Å². The summed E-state index contributed by atoms with van der Waals surface area (Å²) >= 11 is 1.64. The van der Waals surface area contributed by atoms with Crippen molar-refractivity contribution in [2.75, 3.05) is 6.54 Å². The van der Waals surface area contributed by atoms with Crippen molar-refractivity contribution in [2.45, 2.75) is 39.2 Å². The molecule has 0 spiro atoms. The summed E-state index contributed by atoms with van der Waals surface area (Å²) in [6.07, 6.45) is 0.688. The number of hydrogen-bond donors (Lipinski definition) is 3. The Morgan fingerprint density at radius 3 is 2.40 bits per heavy atom. The van der Waals surface area contributed by atoms with E-state index in [2.05, 4.69) is 36.4 Å². The van der Waals surface area contributed by atoms with Gasteiger partial charge in [0, 0.05) is 30.3 Å². The van der Waals surface area contributed by atoms with Crippen LogP contribution in [0.25, 0.3) is 0 Å². The number of thiazole rings is 1. The zero-order chi connectivity index (χ0) is 18.4. The third kappa shape index (κ3) is 5.86. The molecule has 1 heterocycles. The molecule has 0 radical (unpaired) electrons. The van der Waals surface area contributed by atoms with Crippen molar-refractivity contribution in [2.24, 2.45) is 0 Å². The quantitative estimate of drug-likeness (QED) is 0.737. The van der Waals surface area contributed by atoms with Crippen LogP contribution in [0.5, 0.6) is 0 Å². The number of carboxylic acids is 1. The summed E-state index contributed by atoms with van der Waals surface area (Å²) in [6, 6.07) is 6.16. The number of carbonyl (C=O) groups is 2. The molecule has 6 nitrogen and oxygen atoms in total. The number of amides is 2. The predicted octanol–water partition coefficient (Wildman–Crippen LogP) is 3.18. The highest BCUT2D eigenvalue weighted by Gasteiger charge is 2.17. The first-order valence-electron chi connectivity index (χ1n) is 8.04. The molecule has 2 rings (SSSR count). The molecular weight excluding hydrogens is 338 g/mol. The molecule has 0 aliphatic heterocycles. The van der Waals surface area contributed by atoms with Gasteiger partial charge in [-0.05, 0) is 17.7 Å². The number of nitrogens with zero attached hydrogens (tertiary/aromatic N) is 1. The molecule has 25 heavy (non-hydrogen) atoms. The van der Waals surface area contributed by atoms with Gasteiger partial charge >= 0.3 is 12.0 Å². The Bertz CT molecular complexity index is 733. The lowest BCUT2D eigenvalue weighted by molar-refractivity contribution is 0.0697. The maximum absolute atomic E-state index is 11.8. The minimum Gasteiger partial charge on any atom is -0.478 e. The Morgan fingerprint density at radius 2 is 1.84 bits per heavy atom. The van der Waals surface area contributed by atoms with Crippen molar-refractivity contribution in [1.29, 1.82) is 0 Å². The fourth-order valence-corrected chi connectivity index (χ4v) is 3.02. The zero-order valence-corrected chi connectivity index (χ0v) is 15.4. The average Bonchev–Trinajstić information content (AvgIpc) is 3.02. The maximum atomic E-state index is 11.8. The monoisotopic (exact) mass is 361 g/mol. The highest BCUT2D eigenvalue weighted by atomic mass is 32.1. The van der Waals surface area contributed by atoms with Crippen LogP contribution in [0.15, 0.2) is 29.6 Å². The van der Waals surface area contributed by atoms with E-state index in [0.717, 1.165) is 16.3 Å². The van der Waals surface area contributed by atoms with Gasteiger partial charge < -0.3 is 15.7 Å². The Labute approximate surface area is 151 Å². The van der Waals surface area contributed by atoms with Crippen LogP contribution in [-0.2, 0) is 18.4 Å². The molecule has 2 amide bonds. The van der Waals surface area contributed by atoms with Crippen molar-refractivity contribution in [1.82, 2.24) is 15.6 Å². The molecular formula is C18H23N3O3S. The van der Waals surface area contributed by atoms with E-state index in [1.807, 2.05) is 5.38 Å². The molecule has 0 bridgehead atoms. The van der Waals surface area contributed by atoms with Crippen LogP contribution in [0.3, 0.4) is 0 Å². The molecule has 134 valence electrons. The number of carboxylic acid groups (broad SMARTS) is 1. The van der Waals surface area contributed by atoms with Gasteiger partial charge in [-0.2, -0.15) is 0 Å². The molecule has 0 unspecified atom stereocenters. The highest BCUT2D eigenvalue weighted by Crippen LogP contribution is 2.25. The molecule has 0 fully saturated rings. The van der Waals surface area contributed by atoms with E-state index in [0.29, 0.717) is 19.5 Å². The maximum Gasteiger partial charge on any atom is 0.335 e. The SMILES string of the molecule is CC(C)(C)c1nc(CCNC(=O)NCc2ccc(C(=O)O)cc2)cs1. The molecule has 7 heteroatoms. The second kappa shape index (κ2) is 8.11. The summed E-state index contributed by atoms with van der Waals surface area (Å²) in [7, 11) is 0. The molecule has 1 aromatic carbocycles. The Balaban J connectivity index is 1.72. The van der Waals surface area contributed by atoms with E-state index in [-0.39, 0.29) is 17.0 Å². The van der Waals surface area contributed by atoms with Crippen LogP contribution in [0, 0.1) is 0 Å². The largest absolute Gasteiger partial charge is 0.478 e. The summed E-state index contributed by atoms with van der Waals surface area (Å²) in [5.41, 5.74) is 2.10. The second-order valence-electron chi connectivity index (χ2n) is 6.76. The predicted molar refractivity (Wildman–Crippen MR) is 98.2 cm³/mol. The Hall–Kier alpha value is -2.41. The summed E-state index contributed by atoms with van der Waals surface area (Å²) in [6.45, 7) is 7.24. The number of carbonyl (C=O) groups excluding carboxylic acids is 1. The number of aromatic carboxylic acids is 1. The molecule has 0 atom stereocenters. The summed E-state index contributed by atoms with van der Waals surface area (Å²) in [4.78, 5) is 27.2. The normalized spacial score (nSPS) is 11.2. The highest BCUT2D eigenvalue weighted by molar-refractivity contribution is 7.09. The van der Waals surface area contributed by atoms with Crippen LogP contribution in [0.4, 0.5) is 4.79 Å². The Morgan fingerprint density at radius 1 is 1.16 bits per heavy atom. The molecule has 0 saturated carbocycles. The van der Waals surface area contributed by atoms with Crippen molar-refractivity contribution < 1.29 is 14.7 Å². The standard InChI is InChI=1S/C18H23N3O3S/c1-18(2,3)16-21-14(11-25-16)8-9-19-17(24)20-10-12-4-6-13(7-5-12)15(22)23/h4-7,11H,8-10H2,1-3H3,(H,22,23)(H2,19,20,24). The lowest BCUT2D eigenvalue weighted by atomic mass is 9.98. The number of hydrogen-bond acceptors (Lipinski definition) is 4. The van der Waals surface area contributed by atoms with Crippen molar-refractivity contribution in [3.05, 3.63) is 51.5 Å². The number of aromatic nitrogens is 1. The van der Waals surface area contributed by atoms with E-state index < -0.39 is 5.97 Å². The molecule has 2 aromatic rings. The number of benzene rings is 1. The molecule has 1 aromatic heterocycles. The summed E-state index contributed by atoms with van der Waals surface area (Å²) < 4.78 is 0. The first-order chi connectivity index (χ1) is 11.8. The third-order valence-corrected chi connectivity index (χ3v) is 4.83. The lowest BCUT2D eigenvalue weighted by Gasteiger charge is -2.13. The van der Waals surface area contributed by atoms with Gasteiger partial charge in [0.15, 0.2) is 0 Å². The first-order valence-corrected chi connectivity index (χ1v) is 8.92. The number of urea groups is 1. The van der Waals surface area contributed by atoms with E-state index in [1.165, 1.54) is 12.1 Å². The first kappa shape index (κ1) is 18.9. The van der Waals surface area contributed by atoms with E-state index >= 15 is 0 Å². The topological polar surface area (TPSA) is 91.3 Å². The summed E-state index contributed by atoms with van der Waals surface area (Å²) in [5, 5.41) is 17.5. The number of rotatable bonds is 6. The van der Waals surface area contributed by atoms with Gasteiger partial charge in [-0.25, -0.2) is 14.6 Å². The van der Waals surface area contributed by atoms with Crippen molar-refractivity contribution in [3.63, 3.8) is 0 Å². The van der Waals surface area contributed by atoms with Gasteiger partial charge in [0.2, 0.25) is 0 Å². The van der Waals surface area contributed by atoms with Crippen LogP contribution >= 0.6 is 11.3 Å². The van der Waals surface area contributed by atoms with E-state index in [1.54, 1.807) is 23.5 Å². The van der Waals surface area contributed by atoms with Gasteiger partial charge in [0.05, 0.1) is 16.3 Å².